The molecule has 4 aromatic rings. The van der Waals surface area contributed by atoms with Crippen LogP contribution in [-0.4, -0.2) is 21.6 Å². The molecule has 0 atom stereocenters. The van der Waals surface area contributed by atoms with E-state index in [2.05, 4.69) is 16.0 Å². The maximum atomic E-state index is 12.5. The quantitative estimate of drug-likeness (QED) is 0.538. The maximum absolute atomic E-state index is 12.5. The van der Waals surface area contributed by atoms with Crippen LogP contribution in [0, 0.1) is 6.92 Å². The van der Waals surface area contributed by atoms with Crippen LogP contribution in [0.1, 0.15) is 25.7 Å². The van der Waals surface area contributed by atoms with Crippen LogP contribution in [0.5, 0.6) is 0 Å². The fourth-order valence-corrected chi connectivity index (χ4v) is 3.82. The summed E-state index contributed by atoms with van der Waals surface area (Å²) in [5.74, 6) is -0.726. The molecule has 4 rings (SSSR count). The first-order valence-electron chi connectivity index (χ1n) is 8.34. The highest BCUT2D eigenvalue weighted by molar-refractivity contribution is 7.20. The molecule has 7 heteroatoms. The second-order valence-electron chi connectivity index (χ2n) is 5.94. The lowest BCUT2D eigenvalue weighted by Gasteiger charge is -2.06. The number of nitrogens with one attached hydrogen (secondary N) is 2. The Kier molecular flexibility index (Phi) is 4.43. The zero-order chi connectivity index (χ0) is 18.8. The van der Waals surface area contributed by atoms with Gasteiger partial charge in [-0.3, -0.25) is 20.4 Å². The summed E-state index contributed by atoms with van der Waals surface area (Å²) in [7, 11) is 0. The van der Waals surface area contributed by atoms with Crippen molar-refractivity contribution in [3.05, 3.63) is 82.9 Å². The van der Waals surface area contributed by atoms with E-state index in [-0.39, 0.29) is 11.8 Å². The van der Waals surface area contributed by atoms with E-state index in [0.717, 1.165) is 21.6 Å². The first-order valence-corrected chi connectivity index (χ1v) is 9.15. The van der Waals surface area contributed by atoms with Gasteiger partial charge in [-0.25, -0.2) is 4.68 Å². The molecule has 0 bridgehead atoms. The largest absolute Gasteiger partial charge is 0.279 e. The molecule has 0 saturated heterocycles. The molecular formula is C20H16N4O2S. The average Bonchev–Trinajstić information content (AvgIpc) is 3.28. The van der Waals surface area contributed by atoms with Crippen molar-refractivity contribution in [3.8, 4) is 5.69 Å². The predicted molar refractivity (Wildman–Crippen MR) is 105 cm³/mol. The molecule has 2 N–H and O–H groups in total. The van der Waals surface area contributed by atoms with Crippen molar-refractivity contribution in [3.63, 3.8) is 0 Å². The Bertz CT molecular complexity index is 1120. The van der Waals surface area contributed by atoms with Crippen LogP contribution in [0.3, 0.4) is 0 Å². The van der Waals surface area contributed by atoms with Gasteiger partial charge in [-0.1, -0.05) is 36.4 Å². The monoisotopic (exact) mass is 376 g/mol. The van der Waals surface area contributed by atoms with E-state index in [1.807, 2.05) is 48.0 Å². The second-order valence-corrected chi connectivity index (χ2v) is 6.97. The molecular weight excluding hydrogens is 360 g/mol. The standard InChI is InChI=1S/C20H16N4O2S/c1-13-16-12-17(19(26)22-21-18(25)14-8-4-2-5-9-14)27-20(16)24(23-13)15-10-6-3-7-11-15/h2-12H,1H3,(H,21,25)(H,22,26). The summed E-state index contributed by atoms with van der Waals surface area (Å²) in [5, 5.41) is 5.48. The highest BCUT2D eigenvalue weighted by Gasteiger charge is 2.17. The molecule has 0 aliphatic heterocycles. The molecule has 0 aliphatic rings. The summed E-state index contributed by atoms with van der Waals surface area (Å²) in [6.45, 7) is 1.91. The Hall–Kier alpha value is -3.45. The minimum absolute atomic E-state index is 0.362. The molecule has 27 heavy (non-hydrogen) atoms. The zero-order valence-electron chi connectivity index (χ0n) is 14.5. The van der Waals surface area contributed by atoms with Crippen molar-refractivity contribution < 1.29 is 9.59 Å². The minimum Gasteiger partial charge on any atom is -0.267 e. The van der Waals surface area contributed by atoms with E-state index in [0.29, 0.717) is 10.4 Å². The van der Waals surface area contributed by atoms with Gasteiger partial charge in [0.05, 0.1) is 16.3 Å². The van der Waals surface area contributed by atoms with Crippen molar-refractivity contribution >= 4 is 33.4 Å². The summed E-state index contributed by atoms with van der Waals surface area (Å²) >= 11 is 1.33. The number of amides is 2. The van der Waals surface area contributed by atoms with Gasteiger partial charge < -0.3 is 0 Å². The lowest BCUT2D eigenvalue weighted by Crippen LogP contribution is -2.41. The van der Waals surface area contributed by atoms with Crippen molar-refractivity contribution in [2.24, 2.45) is 0 Å². The molecule has 0 unspecified atom stereocenters. The molecule has 0 radical (unpaired) electrons. The van der Waals surface area contributed by atoms with Crippen LogP contribution in [0.15, 0.2) is 66.7 Å². The van der Waals surface area contributed by atoms with E-state index >= 15 is 0 Å². The van der Waals surface area contributed by atoms with Crippen LogP contribution >= 0.6 is 11.3 Å². The van der Waals surface area contributed by atoms with Gasteiger partial charge in [-0.05, 0) is 37.3 Å². The fourth-order valence-electron chi connectivity index (χ4n) is 2.74. The van der Waals surface area contributed by atoms with Crippen molar-refractivity contribution in [2.75, 3.05) is 0 Å². The Morgan fingerprint density at radius 2 is 1.56 bits per heavy atom. The molecule has 0 spiro atoms. The number of aryl methyl sites for hydroxylation is 1. The lowest BCUT2D eigenvalue weighted by molar-refractivity contribution is 0.0849. The third kappa shape index (κ3) is 3.32. The number of benzene rings is 2. The number of nitrogens with zero attached hydrogens (tertiary/aromatic N) is 2. The van der Waals surface area contributed by atoms with Gasteiger partial charge in [0, 0.05) is 10.9 Å². The molecule has 2 amide bonds. The number of hydrazine groups is 1. The molecule has 0 fully saturated rings. The smallest absolute Gasteiger partial charge is 0.267 e. The maximum Gasteiger partial charge on any atom is 0.279 e. The average molecular weight is 376 g/mol. The van der Waals surface area contributed by atoms with Gasteiger partial charge in [0.15, 0.2) is 0 Å². The summed E-state index contributed by atoms with van der Waals surface area (Å²) in [6.07, 6.45) is 0. The molecule has 2 aromatic carbocycles. The second kappa shape index (κ2) is 7.05. The van der Waals surface area contributed by atoms with Crippen LogP contribution in [-0.2, 0) is 0 Å². The van der Waals surface area contributed by atoms with Gasteiger partial charge >= 0.3 is 0 Å². The predicted octanol–water partition coefficient (Wildman–Crippen LogP) is 3.47. The Morgan fingerprint density at radius 3 is 2.26 bits per heavy atom. The normalized spacial score (nSPS) is 10.7. The Labute approximate surface area is 159 Å². The van der Waals surface area contributed by atoms with Crippen molar-refractivity contribution in [2.45, 2.75) is 6.92 Å². The van der Waals surface area contributed by atoms with Gasteiger partial charge in [0.1, 0.15) is 4.83 Å². The van der Waals surface area contributed by atoms with Gasteiger partial charge in [0.25, 0.3) is 11.8 Å². The van der Waals surface area contributed by atoms with Crippen LogP contribution in [0.2, 0.25) is 0 Å². The number of carbonyl (C=O) groups excluding carboxylic acids is 2. The highest BCUT2D eigenvalue weighted by Crippen LogP contribution is 2.30. The SMILES string of the molecule is Cc1nn(-c2ccccc2)c2sc(C(=O)NNC(=O)c3ccccc3)cc12. The van der Waals surface area contributed by atoms with E-state index in [1.54, 1.807) is 30.3 Å². The number of hydrogen-bond acceptors (Lipinski definition) is 4. The number of para-hydroxylation sites is 1. The summed E-state index contributed by atoms with van der Waals surface area (Å²) in [5.41, 5.74) is 7.16. The van der Waals surface area contributed by atoms with Crippen molar-refractivity contribution in [1.29, 1.82) is 0 Å². The van der Waals surface area contributed by atoms with Gasteiger partial charge in [0.2, 0.25) is 0 Å². The van der Waals surface area contributed by atoms with Crippen LogP contribution < -0.4 is 10.9 Å². The number of hydrogen-bond donors (Lipinski definition) is 2. The summed E-state index contributed by atoms with van der Waals surface area (Å²) < 4.78 is 1.83. The number of rotatable bonds is 3. The highest BCUT2D eigenvalue weighted by atomic mass is 32.1. The van der Waals surface area contributed by atoms with Crippen molar-refractivity contribution in [1.82, 2.24) is 20.6 Å². The third-order valence-corrected chi connectivity index (χ3v) is 5.20. The number of carbonyl (C=O) groups is 2. The summed E-state index contributed by atoms with van der Waals surface area (Å²) in [6, 6.07) is 20.3. The Morgan fingerprint density at radius 1 is 0.926 bits per heavy atom. The van der Waals surface area contributed by atoms with Gasteiger partial charge in [-0.2, -0.15) is 5.10 Å². The fraction of sp³-hybridized carbons (Fsp3) is 0.0500. The van der Waals surface area contributed by atoms with E-state index in [1.165, 1.54) is 11.3 Å². The minimum atomic E-state index is -0.364. The summed E-state index contributed by atoms with van der Waals surface area (Å²) in [4.78, 5) is 25.9. The van der Waals surface area contributed by atoms with E-state index in [4.69, 9.17) is 0 Å². The molecule has 0 saturated carbocycles. The first-order chi connectivity index (χ1) is 13.1. The zero-order valence-corrected chi connectivity index (χ0v) is 15.3. The molecule has 2 heterocycles. The number of aromatic nitrogens is 2. The molecule has 134 valence electrons. The lowest BCUT2D eigenvalue weighted by atomic mass is 10.2. The number of fused-ring (bicyclic) bond motifs is 1. The molecule has 0 aliphatic carbocycles. The Balaban J connectivity index is 1.55. The third-order valence-electron chi connectivity index (χ3n) is 4.09. The van der Waals surface area contributed by atoms with Crippen LogP contribution in [0.4, 0.5) is 0 Å². The molecule has 2 aromatic heterocycles. The van der Waals surface area contributed by atoms with Gasteiger partial charge in [-0.15, -0.1) is 11.3 Å². The first kappa shape index (κ1) is 17.0. The number of thiophene rings is 1. The molecule has 6 nitrogen and oxygen atoms in total. The van der Waals surface area contributed by atoms with E-state index < -0.39 is 0 Å². The topological polar surface area (TPSA) is 76.0 Å². The van der Waals surface area contributed by atoms with Crippen LogP contribution in [0.25, 0.3) is 15.9 Å². The van der Waals surface area contributed by atoms with E-state index in [9.17, 15) is 9.59 Å².